The number of alkyl carbamates (subject to hydrolysis) is 3. The molecule has 9 nitrogen and oxygen atoms in total. The van der Waals surface area contributed by atoms with Crippen molar-refractivity contribution in [3.63, 3.8) is 0 Å². The summed E-state index contributed by atoms with van der Waals surface area (Å²) < 4.78 is 16.5. The Morgan fingerprint density at radius 1 is 0.261 bits per heavy atom. The van der Waals surface area contributed by atoms with E-state index in [1.807, 2.05) is 0 Å². The summed E-state index contributed by atoms with van der Waals surface area (Å²) in [5, 5.41) is 8.50. The largest absolute Gasteiger partial charge is 0.445 e. The summed E-state index contributed by atoms with van der Waals surface area (Å²) in [6, 6.07) is 0. The number of carbonyl (C=O) groups is 3. The second-order valence-electron chi connectivity index (χ2n) is 20.9. The van der Waals surface area contributed by atoms with Gasteiger partial charge < -0.3 is 30.2 Å². The molecule has 0 aromatic carbocycles. The molecule has 0 aromatic rings. The van der Waals surface area contributed by atoms with Crippen molar-refractivity contribution in [1.82, 2.24) is 16.0 Å². The molecule has 0 radical (unpaired) electrons. The molecule has 0 atom stereocenters. The van der Waals surface area contributed by atoms with Crippen LogP contribution in [0.4, 0.5) is 14.4 Å². The van der Waals surface area contributed by atoms with Gasteiger partial charge in [-0.1, -0.05) is 310 Å². The van der Waals surface area contributed by atoms with Crippen molar-refractivity contribution in [2.45, 2.75) is 335 Å². The molecule has 0 unspecified atom stereocenters. The number of unbranched alkanes of at least 4 members (excludes halogenated alkanes) is 45. The molecule has 0 fully saturated rings. The fraction of sp³-hybridized carbons (Fsp3) is 0.950. The lowest BCUT2D eigenvalue weighted by Gasteiger charge is -2.19. The van der Waals surface area contributed by atoms with Crippen LogP contribution in [0.2, 0.25) is 0 Å². The monoisotopic (exact) mass is 978 g/mol. The highest BCUT2D eigenvalue weighted by molar-refractivity contribution is 5.69. The SMILES string of the molecule is CCCCCCCCCCCCCCCCCCNC(=O)OCC(COC(=O)NCCCCCCCCCCCCCCCCCC)OC(=O)NCCCCCCCCCCCCCCCCCC. The minimum absolute atomic E-state index is 0.191. The van der Waals surface area contributed by atoms with Gasteiger partial charge in [-0.15, -0.1) is 0 Å². The van der Waals surface area contributed by atoms with Crippen LogP contribution in [0.3, 0.4) is 0 Å². The lowest BCUT2D eigenvalue weighted by Crippen LogP contribution is -2.38. The zero-order valence-corrected chi connectivity index (χ0v) is 46.5. The van der Waals surface area contributed by atoms with Crippen molar-refractivity contribution in [1.29, 1.82) is 0 Å². The first-order chi connectivity index (χ1) is 34.0. The third-order valence-corrected chi connectivity index (χ3v) is 14.0. The molecule has 3 N–H and O–H groups in total. The first kappa shape index (κ1) is 66.8. The average Bonchev–Trinajstić information content (AvgIpc) is 3.35. The Hall–Kier alpha value is -2.19. The van der Waals surface area contributed by atoms with Crippen molar-refractivity contribution >= 4 is 18.3 Å². The summed E-state index contributed by atoms with van der Waals surface area (Å²) in [7, 11) is 0. The maximum atomic E-state index is 12.7. The topological polar surface area (TPSA) is 115 Å². The molecule has 0 bridgehead atoms. The summed E-state index contributed by atoms with van der Waals surface area (Å²) in [5.41, 5.74) is 0. The van der Waals surface area contributed by atoms with Gasteiger partial charge in [0, 0.05) is 19.6 Å². The number of amides is 3. The highest BCUT2D eigenvalue weighted by Crippen LogP contribution is 2.17. The fourth-order valence-electron chi connectivity index (χ4n) is 9.34. The maximum Gasteiger partial charge on any atom is 0.407 e. The molecule has 0 aromatic heterocycles. The summed E-state index contributed by atoms with van der Waals surface area (Å²) in [5.74, 6) is 0. The number of ether oxygens (including phenoxy) is 3. The number of hydrogen-bond donors (Lipinski definition) is 3. The molecule has 0 spiro atoms. The lowest BCUT2D eigenvalue weighted by molar-refractivity contribution is 0.00737. The molecule has 0 saturated carbocycles. The quantitative estimate of drug-likeness (QED) is 0.0413. The molecule has 69 heavy (non-hydrogen) atoms. The van der Waals surface area contributed by atoms with Crippen LogP contribution in [-0.4, -0.2) is 57.2 Å². The number of carbonyl (C=O) groups excluding carboxylic acids is 3. The molecule has 0 rings (SSSR count). The molecule has 9 heteroatoms. The molecule has 0 aliphatic rings. The highest BCUT2D eigenvalue weighted by Gasteiger charge is 2.19. The second-order valence-corrected chi connectivity index (χ2v) is 20.9. The van der Waals surface area contributed by atoms with Crippen molar-refractivity contribution in [3.05, 3.63) is 0 Å². The van der Waals surface area contributed by atoms with E-state index >= 15 is 0 Å². The Morgan fingerprint density at radius 3 is 0.638 bits per heavy atom. The highest BCUT2D eigenvalue weighted by atomic mass is 16.6. The van der Waals surface area contributed by atoms with Gasteiger partial charge in [0.1, 0.15) is 13.2 Å². The summed E-state index contributed by atoms with van der Waals surface area (Å²) in [4.78, 5) is 37.9. The molecule has 0 saturated heterocycles. The summed E-state index contributed by atoms with van der Waals surface area (Å²) in [6.07, 6.45) is 60.0. The van der Waals surface area contributed by atoms with Gasteiger partial charge in [0.2, 0.25) is 0 Å². The Morgan fingerprint density at radius 2 is 0.435 bits per heavy atom. The predicted octanol–water partition coefficient (Wildman–Crippen LogP) is 19.3. The van der Waals surface area contributed by atoms with Crippen molar-refractivity contribution in [2.24, 2.45) is 0 Å². The lowest BCUT2D eigenvalue weighted by atomic mass is 10.0. The second kappa shape index (κ2) is 58.4. The van der Waals surface area contributed by atoms with Gasteiger partial charge in [-0.25, -0.2) is 14.4 Å². The van der Waals surface area contributed by atoms with E-state index in [0.717, 1.165) is 38.5 Å². The smallest absolute Gasteiger partial charge is 0.407 e. The van der Waals surface area contributed by atoms with Crippen LogP contribution >= 0.6 is 0 Å². The van der Waals surface area contributed by atoms with Crippen LogP contribution in [0, 0.1) is 0 Å². The summed E-state index contributed by atoms with van der Waals surface area (Å²) >= 11 is 0. The van der Waals surface area contributed by atoms with Gasteiger partial charge in [0.25, 0.3) is 0 Å². The van der Waals surface area contributed by atoms with E-state index in [4.69, 9.17) is 14.2 Å². The zero-order valence-electron chi connectivity index (χ0n) is 46.5. The van der Waals surface area contributed by atoms with Crippen molar-refractivity contribution in [2.75, 3.05) is 32.8 Å². The first-order valence-corrected chi connectivity index (χ1v) is 30.8. The third kappa shape index (κ3) is 56.6. The fourth-order valence-corrected chi connectivity index (χ4v) is 9.34. The van der Waals surface area contributed by atoms with Gasteiger partial charge in [0.05, 0.1) is 0 Å². The van der Waals surface area contributed by atoms with Gasteiger partial charge in [0.15, 0.2) is 6.10 Å². The van der Waals surface area contributed by atoms with Crippen LogP contribution < -0.4 is 16.0 Å². The number of rotatable bonds is 56. The molecular formula is C60H119N3O6. The van der Waals surface area contributed by atoms with Gasteiger partial charge in [-0.2, -0.15) is 0 Å². The van der Waals surface area contributed by atoms with Gasteiger partial charge in [-0.3, -0.25) is 0 Å². The van der Waals surface area contributed by atoms with Crippen LogP contribution in [0.1, 0.15) is 329 Å². The first-order valence-electron chi connectivity index (χ1n) is 30.8. The van der Waals surface area contributed by atoms with Crippen LogP contribution in [0.25, 0.3) is 0 Å². The Kier molecular flexibility index (Phi) is 56.5. The average molecular weight is 979 g/mol. The Labute approximate surface area is 429 Å². The molecule has 0 aliphatic carbocycles. The minimum Gasteiger partial charge on any atom is -0.445 e. The van der Waals surface area contributed by atoms with E-state index in [0.29, 0.717) is 19.6 Å². The van der Waals surface area contributed by atoms with E-state index in [-0.39, 0.29) is 13.2 Å². The van der Waals surface area contributed by atoms with Crippen molar-refractivity contribution in [3.8, 4) is 0 Å². The minimum atomic E-state index is -0.904. The maximum absolute atomic E-state index is 12.7. The van der Waals surface area contributed by atoms with Crippen LogP contribution in [-0.2, 0) is 14.2 Å². The van der Waals surface area contributed by atoms with E-state index in [1.165, 1.54) is 270 Å². The molecule has 3 amide bonds. The van der Waals surface area contributed by atoms with E-state index in [2.05, 4.69) is 36.7 Å². The standard InChI is InChI=1S/C60H119N3O6/c1-4-7-10-13-16-19-22-25-28-31-34-37-40-43-46-49-52-61-58(64)67-55-57(69-60(66)63-54-51-48-45-42-39-36-33-30-27-24-21-18-15-12-9-6-3)56-68-59(65)62-53-50-47-44-41-38-35-32-29-26-23-20-17-14-11-8-5-2/h57H,4-56H2,1-3H3,(H,61,64)(H,62,65)(H,63,66). The van der Waals surface area contributed by atoms with Crippen molar-refractivity contribution < 1.29 is 28.6 Å². The number of hydrogen-bond acceptors (Lipinski definition) is 6. The summed E-state index contributed by atoms with van der Waals surface area (Å²) in [6.45, 7) is 8.06. The molecular weight excluding hydrogens is 859 g/mol. The Bertz CT molecular complexity index is 992. The van der Waals surface area contributed by atoms with Crippen LogP contribution in [0.15, 0.2) is 0 Å². The number of nitrogens with one attached hydrogen (secondary N) is 3. The van der Waals surface area contributed by atoms with Gasteiger partial charge >= 0.3 is 18.3 Å². The molecule has 0 heterocycles. The molecule has 0 aliphatic heterocycles. The van der Waals surface area contributed by atoms with Gasteiger partial charge in [-0.05, 0) is 19.3 Å². The van der Waals surface area contributed by atoms with E-state index < -0.39 is 24.4 Å². The Balaban J connectivity index is 4.28. The zero-order chi connectivity index (χ0) is 50.0. The van der Waals surface area contributed by atoms with Crippen LogP contribution in [0.5, 0.6) is 0 Å². The van der Waals surface area contributed by atoms with E-state index in [1.54, 1.807) is 0 Å². The predicted molar refractivity (Wildman–Crippen MR) is 296 cm³/mol. The third-order valence-electron chi connectivity index (χ3n) is 14.0. The molecule has 410 valence electrons. The normalized spacial score (nSPS) is 11.3. The van der Waals surface area contributed by atoms with E-state index in [9.17, 15) is 14.4 Å².